The third-order valence-corrected chi connectivity index (χ3v) is 3.50. The minimum atomic E-state index is -4.27. The Hall–Kier alpha value is -3.24. The predicted molar refractivity (Wildman–Crippen MR) is 95.1 cm³/mol. The van der Waals surface area contributed by atoms with Gasteiger partial charge in [-0.15, -0.1) is 0 Å². The van der Waals surface area contributed by atoms with Crippen LogP contribution in [0.3, 0.4) is 0 Å². The molecule has 0 unspecified atom stereocenters. The van der Waals surface area contributed by atoms with Crippen LogP contribution in [0.1, 0.15) is 28.5 Å². The summed E-state index contributed by atoms with van der Waals surface area (Å²) in [7, 11) is 0. The van der Waals surface area contributed by atoms with Crippen molar-refractivity contribution in [3.63, 3.8) is 0 Å². The molecule has 2 heterocycles. The van der Waals surface area contributed by atoms with Gasteiger partial charge in [0.1, 0.15) is 5.82 Å². The molecule has 0 aliphatic heterocycles. The van der Waals surface area contributed by atoms with Crippen LogP contribution in [0.25, 0.3) is 0 Å². The van der Waals surface area contributed by atoms with Crippen molar-refractivity contribution >= 4 is 17.6 Å². The third kappa shape index (κ3) is 6.70. The van der Waals surface area contributed by atoms with Gasteiger partial charge in [0.2, 0.25) is 11.8 Å². The van der Waals surface area contributed by atoms with E-state index in [0.29, 0.717) is 11.3 Å². The number of halogens is 4. The average Bonchev–Trinajstić information content (AvgIpc) is 2.64. The number of hydrogen-bond donors (Lipinski definition) is 2. The number of amides is 2. The van der Waals surface area contributed by atoms with Gasteiger partial charge in [0, 0.05) is 37.0 Å². The number of pyridine rings is 2. The zero-order valence-corrected chi connectivity index (χ0v) is 15.5. The molecule has 156 valence electrons. The fourth-order valence-corrected chi connectivity index (χ4v) is 2.16. The van der Waals surface area contributed by atoms with Crippen LogP contribution in [-0.2, 0) is 11.3 Å². The molecule has 0 fully saturated rings. The van der Waals surface area contributed by atoms with E-state index in [1.807, 2.05) is 0 Å². The minimum absolute atomic E-state index is 0.0656. The predicted octanol–water partition coefficient (Wildman–Crippen LogP) is 2.95. The maximum Gasteiger partial charge on any atom is 0.340 e. The van der Waals surface area contributed by atoms with E-state index in [1.54, 1.807) is 13.0 Å². The molecule has 2 aromatic heterocycles. The Morgan fingerprint density at radius 1 is 1.24 bits per heavy atom. The smallest absolute Gasteiger partial charge is 0.340 e. The Morgan fingerprint density at radius 3 is 2.55 bits per heavy atom. The molecule has 0 atom stereocenters. The van der Waals surface area contributed by atoms with Crippen LogP contribution in [0.2, 0.25) is 0 Å². The SMILES string of the molecule is CC(=O)Nc1cc(C(=O)NCc2ccc(OCC(F)(F)C(F)F)nc2)cc(C)n1. The van der Waals surface area contributed by atoms with Crippen molar-refractivity contribution < 1.29 is 31.9 Å². The topological polar surface area (TPSA) is 93.2 Å². The van der Waals surface area contributed by atoms with Gasteiger partial charge in [0.05, 0.1) is 0 Å². The Balaban J connectivity index is 1.94. The molecule has 0 radical (unpaired) electrons. The number of rotatable bonds is 8. The number of nitrogens with one attached hydrogen (secondary N) is 2. The van der Waals surface area contributed by atoms with Crippen LogP contribution in [0, 0.1) is 6.92 Å². The molecule has 0 aromatic carbocycles. The van der Waals surface area contributed by atoms with Crippen LogP contribution in [0.15, 0.2) is 30.5 Å². The first kappa shape index (κ1) is 22.1. The minimum Gasteiger partial charge on any atom is -0.471 e. The lowest BCUT2D eigenvalue weighted by Gasteiger charge is -2.15. The molecule has 2 amide bonds. The molecule has 2 rings (SSSR count). The van der Waals surface area contributed by atoms with E-state index in [2.05, 4.69) is 25.3 Å². The highest BCUT2D eigenvalue weighted by molar-refractivity contribution is 5.96. The third-order valence-electron chi connectivity index (χ3n) is 3.50. The molecule has 0 bridgehead atoms. The van der Waals surface area contributed by atoms with Gasteiger partial charge in [-0.05, 0) is 24.6 Å². The first-order valence-electron chi connectivity index (χ1n) is 8.35. The number of nitrogens with zero attached hydrogens (tertiary/aromatic N) is 2. The Labute approximate surface area is 163 Å². The maximum atomic E-state index is 12.8. The summed E-state index contributed by atoms with van der Waals surface area (Å²) in [4.78, 5) is 31.3. The summed E-state index contributed by atoms with van der Waals surface area (Å²) in [6.07, 6.45) is -2.57. The molecule has 2 N–H and O–H groups in total. The largest absolute Gasteiger partial charge is 0.471 e. The molecule has 0 spiro atoms. The van der Waals surface area contributed by atoms with Crippen LogP contribution < -0.4 is 15.4 Å². The Bertz CT molecular complexity index is 876. The number of aryl methyl sites for hydroxylation is 1. The highest BCUT2D eigenvalue weighted by Gasteiger charge is 2.41. The van der Waals surface area contributed by atoms with Crippen LogP contribution in [-0.4, -0.2) is 40.7 Å². The molecule has 0 aliphatic rings. The normalized spacial score (nSPS) is 11.3. The first-order chi connectivity index (χ1) is 13.6. The molecular weight excluding hydrogens is 396 g/mol. The number of carbonyl (C=O) groups excluding carboxylic acids is 2. The van der Waals surface area contributed by atoms with Gasteiger partial charge >= 0.3 is 12.3 Å². The quantitative estimate of drug-likeness (QED) is 0.648. The van der Waals surface area contributed by atoms with Gasteiger partial charge in [-0.1, -0.05) is 6.07 Å². The molecular formula is C18H18F4N4O3. The molecule has 0 saturated carbocycles. The van der Waals surface area contributed by atoms with Crippen molar-refractivity contribution in [1.82, 2.24) is 15.3 Å². The zero-order valence-electron chi connectivity index (χ0n) is 15.5. The Morgan fingerprint density at radius 2 is 1.97 bits per heavy atom. The number of hydrogen-bond acceptors (Lipinski definition) is 5. The number of alkyl halides is 4. The number of aromatic nitrogens is 2. The van der Waals surface area contributed by atoms with Gasteiger partial charge in [0.25, 0.3) is 5.91 Å². The average molecular weight is 414 g/mol. The van der Waals surface area contributed by atoms with Crippen molar-refractivity contribution in [2.45, 2.75) is 32.7 Å². The number of anilines is 1. The fourth-order valence-electron chi connectivity index (χ4n) is 2.16. The van der Waals surface area contributed by atoms with Crippen LogP contribution >= 0.6 is 0 Å². The van der Waals surface area contributed by atoms with Gasteiger partial charge < -0.3 is 15.4 Å². The first-order valence-corrected chi connectivity index (χ1v) is 8.35. The highest BCUT2D eigenvalue weighted by Crippen LogP contribution is 2.23. The second-order valence-corrected chi connectivity index (χ2v) is 6.10. The van der Waals surface area contributed by atoms with Crippen LogP contribution in [0.4, 0.5) is 23.4 Å². The molecule has 11 heteroatoms. The van der Waals surface area contributed by atoms with Gasteiger partial charge in [0.15, 0.2) is 6.61 Å². The second kappa shape index (κ2) is 9.30. The summed E-state index contributed by atoms with van der Waals surface area (Å²) >= 11 is 0. The fraction of sp³-hybridized carbons (Fsp3) is 0.333. The molecule has 0 aliphatic carbocycles. The summed E-state index contributed by atoms with van der Waals surface area (Å²) in [5, 5.41) is 5.13. The van der Waals surface area contributed by atoms with Crippen molar-refractivity contribution in [3.05, 3.63) is 47.3 Å². The monoisotopic (exact) mass is 414 g/mol. The lowest BCUT2D eigenvalue weighted by Crippen LogP contribution is -2.33. The zero-order chi connectivity index (χ0) is 21.6. The summed E-state index contributed by atoms with van der Waals surface area (Å²) in [5.41, 5.74) is 1.34. The summed E-state index contributed by atoms with van der Waals surface area (Å²) in [6.45, 7) is 1.56. The van der Waals surface area contributed by atoms with E-state index in [1.165, 1.54) is 31.3 Å². The van der Waals surface area contributed by atoms with Crippen molar-refractivity contribution in [2.24, 2.45) is 0 Å². The molecule has 7 nitrogen and oxygen atoms in total. The number of carbonyl (C=O) groups is 2. The van der Waals surface area contributed by atoms with Gasteiger partial charge in [-0.3, -0.25) is 9.59 Å². The van der Waals surface area contributed by atoms with Crippen molar-refractivity contribution in [3.8, 4) is 5.88 Å². The second-order valence-electron chi connectivity index (χ2n) is 6.10. The molecule has 29 heavy (non-hydrogen) atoms. The highest BCUT2D eigenvalue weighted by atomic mass is 19.3. The summed E-state index contributed by atoms with van der Waals surface area (Å²) in [5.74, 6) is -5.03. The number of ether oxygens (including phenoxy) is 1. The molecule has 2 aromatic rings. The lowest BCUT2D eigenvalue weighted by molar-refractivity contribution is -0.148. The van der Waals surface area contributed by atoms with Gasteiger partial charge in [-0.25, -0.2) is 18.7 Å². The molecule has 0 saturated heterocycles. The van der Waals surface area contributed by atoms with E-state index in [9.17, 15) is 27.2 Å². The van der Waals surface area contributed by atoms with Crippen LogP contribution in [0.5, 0.6) is 5.88 Å². The Kier molecular flexibility index (Phi) is 7.08. The standard InChI is InChI=1S/C18H18F4N4O3/c1-10-5-13(6-14(25-10)26-11(2)27)16(28)24-8-12-3-4-15(23-7-12)29-9-18(21,22)17(19)20/h3-7,17H,8-9H2,1-2H3,(H,24,28)(H,25,26,27). The van der Waals surface area contributed by atoms with E-state index in [4.69, 9.17) is 0 Å². The summed E-state index contributed by atoms with van der Waals surface area (Å²) in [6, 6.07) is 5.64. The van der Waals surface area contributed by atoms with E-state index >= 15 is 0 Å². The van der Waals surface area contributed by atoms with Crippen molar-refractivity contribution in [1.29, 1.82) is 0 Å². The van der Waals surface area contributed by atoms with Gasteiger partial charge in [-0.2, -0.15) is 8.78 Å². The van der Waals surface area contributed by atoms with E-state index in [0.717, 1.165) is 0 Å². The van der Waals surface area contributed by atoms with Crippen molar-refractivity contribution in [2.75, 3.05) is 11.9 Å². The lowest BCUT2D eigenvalue weighted by atomic mass is 10.2. The maximum absolute atomic E-state index is 12.8. The van der Waals surface area contributed by atoms with E-state index < -0.39 is 24.9 Å². The van der Waals surface area contributed by atoms with E-state index in [-0.39, 0.29) is 29.7 Å². The summed E-state index contributed by atoms with van der Waals surface area (Å²) < 4.78 is 54.4.